The van der Waals surface area contributed by atoms with E-state index in [-0.39, 0.29) is 12.2 Å². The molecule has 1 heterocycles. The van der Waals surface area contributed by atoms with Gasteiger partial charge in [0.15, 0.2) is 5.78 Å². The number of aromatic nitrogens is 2. The molecule has 0 atom stereocenters. The molecule has 0 aliphatic rings. The van der Waals surface area contributed by atoms with Gasteiger partial charge in [0.1, 0.15) is 11.5 Å². The topological polar surface area (TPSA) is 34.9 Å². The standard InChI is InChI=1S/C13H12Cl2N2O/c1-8-16-7-12(17(8)2)13(18)6-9-3-4-10(14)11(15)5-9/h3-5,7H,6H2,1-2H3. The number of carbonyl (C=O) groups is 1. The van der Waals surface area contributed by atoms with Crippen molar-refractivity contribution in [2.45, 2.75) is 13.3 Å². The number of carbonyl (C=O) groups excluding carboxylic acids is 1. The molecule has 0 spiro atoms. The van der Waals surface area contributed by atoms with Gasteiger partial charge in [-0.1, -0.05) is 29.3 Å². The van der Waals surface area contributed by atoms with E-state index in [2.05, 4.69) is 4.98 Å². The average Bonchev–Trinajstić information content (AvgIpc) is 2.65. The monoisotopic (exact) mass is 282 g/mol. The predicted octanol–water partition coefficient (Wildman–Crippen LogP) is 3.46. The maximum Gasteiger partial charge on any atom is 0.185 e. The molecule has 18 heavy (non-hydrogen) atoms. The summed E-state index contributed by atoms with van der Waals surface area (Å²) in [6, 6.07) is 5.21. The Bertz CT molecular complexity index is 605. The lowest BCUT2D eigenvalue weighted by Crippen LogP contribution is -2.09. The molecule has 0 radical (unpaired) electrons. The van der Waals surface area contributed by atoms with E-state index < -0.39 is 0 Å². The van der Waals surface area contributed by atoms with Crippen molar-refractivity contribution in [3.05, 3.63) is 51.5 Å². The fourth-order valence-corrected chi connectivity index (χ4v) is 2.01. The highest BCUT2D eigenvalue weighted by molar-refractivity contribution is 6.42. The minimum atomic E-state index is 0.0106. The molecular formula is C13H12Cl2N2O. The van der Waals surface area contributed by atoms with Gasteiger partial charge in [-0.2, -0.15) is 0 Å². The first-order chi connectivity index (χ1) is 8.49. The molecule has 1 aromatic carbocycles. The Balaban J connectivity index is 2.21. The summed E-state index contributed by atoms with van der Waals surface area (Å²) in [5, 5.41) is 0.951. The molecule has 3 nitrogen and oxygen atoms in total. The van der Waals surface area contributed by atoms with E-state index >= 15 is 0 Å². The summed E-state index contributed by atoms with van der Waals surface area (Å²) in [7, 11) is 1.82. The molecule has 94 valence electrons. The van der Waals surface area contributed by atoms with Gasteiger partial charge in [0.2, 0.25) is 0 Å². The lowest BCUT2D eigenvalue weighted by molar-refractivity contribution is 0.0985. The summed E-state index contributed by atoms with van der Waals surface area (Å²) < 4.78 is 1.78. The Morgan fingerprint density at radius 1 is 1.33 bits per heavy atom. The van der Waals surface area contributed by atoms with Crippen molar-refractivity contribution < 1.29 is 4.79 Å². The third-order valence-electron chi connectivity index (χ3n) is 2.85. The Hall–Kier alpha value is -1.32. The van der Waals surface area contributed by atoms with Crippen LogP contribution in [0.5, 0.6) is 0 Å². The number of nitrogens with zero attached hydrogens (tertiary/aromatic N) is 2. The molecule has 0 fully saturated rings. The number of hydrogen-bond donors (Lipinski definition) is 0. The van der Waals surface area contributed by atoms with Crippen molar-refractivity contribution in [1.82, 2.24) is 9.55 Å². The molecule has 0 aliphatic carbocycles. The number of imidazole rings is 1. The van der Waals surface area contributed by atoms with E-state index in [9.17, 15) is 4.79 Å². The molecule has 0 aliphatic heterocycles. The summed E-state index contributed by atoms with van der Waals surface area (Å²) in [6.07, 6.45) is 1.88. The number of rotatable bonds is 3. The van der Waals surface area contributed by atoms with E-state index in [1.165, 1.54) is 0 Å². The van der Waals surface area contributed by atoms with Gasteiger partial charge in [0.25, 0.3) is 0 Å². The first-order valence-corrected chi connectivity index (χ1v) is 6.20. The second-order valence-electron chi connectivity index (χ2n) is 4.10. The largest absolute Gasteiger partial charge is 0.329 e. The van der Waals surface area contributed by atoms with Gasteiger partial charge in [-0.3, -0.25) is 4.79 Å². The third kappa shape index (κ3) is 2.57. The van der Waals surface area contributed by atoms with Crippen LogP contribution in [-0.2, 0) is 13.5 Å². The Morgan fingerprint density at radius 3 is 2.61 bits per heavy atom. The molecule has 5 heteroatoms. The summed E-state index contributed by atoms with van der Waals surface area (Å²) in [5.41, 5.74) is 1.44. The van der Waals surface area contributed by atoms with Gasteiger partial charge < -0.3 is 4.57 Å². The highest BCUT2D eigenvalue weighted by Gasteiger charge is 2.13. The van der Waals surface area contributed by atoms with Gasteiger partial charge in [0.05, 0.1) is 16.2 Å². The first kappa shape index (κ1) is 13.1. The van der Waals surface area contributed by atoms with Crippen LogP contribution in [0.15, 0.2) is 24.4 Å². The van der Waals surface area contributed by atoms with Crippen molar-refractivity contribution in [3.8, 4) is 0 Å². The van der Waals surface area contributed by atoms with Crippen LogP contribution < -0.4 is 0 Å². The minimum absolute atomic E-state index is 0.0106. The molecule has 0 N–H and O–H groups in total. The van der Waals surface area contributed by atoms with Crippen molar-refractivity contribution >= 4 is 29.0 Å². The maximum absolute atomic E-state index is 12.1. The molecule has 0 saturated carbocycles. The fourth-order valence-electron chi connectivity index (χ4n) is 1.69. The second kappa shape index (κ2) is 5.12. The minimum Gasteiger partial charge on any atom is -0.329 e. The molecule has 0 amide bonds. The number of benzene rings is 1. The zero-order valence-electron chi connectivity index (χ0n) is 10.1. The number of hydrogen-bond acceptors (Lipinski definition) is 2. The van der Waals surface area contributed by atoms with Crippen molar-refractivity contribution in [2.24, 2.45) is 7.05 Å². The van der Waals surface area contributed by atoms with E-state index in [1.807, 2.05) is 14.0 Å². The average molecular weight is 283 g/mol. The van der Waals surface area contributed by atoms with Crippen molar-refractivity contribution in [3.63, 3.8) is 0 Å². The van der Waals surface area contributed by atoms with Crippen LogP contribution in [0.25, 0.3) is 0 Å². The SMILES string of the molecule is Cc1ncc(C(=O)Cc2ccc(Cl)c(Cl)c2)n1C. The van der Waals surface area contributed by atoms with Crippen LogP contribution in [0.1, 0.15) is 21.9 Å². The summed E-state index contributed by atoms with van der Waals surface area (Å²) >= 11 is 11.7. The number of Topliss-reactive ketones (excluding diaryl/α,β-unsaturated/α-hetero) is 1. The van der Waals surface area contributed by atoms with Gasteiger partial charge >= 0.3 is 0 Å². The normalized spacial score (nSPS) is 10.7. The van der Waals surface area contributed by atoms with Crippen LogP contribution in [0, 0.1) is 6.92 Å². The van der Waals surface area contributed by atoms with Gasteiger partial charge in [-0.05, 0) is 24.6 Å². The molecule has 0 bridgehead atoms. The number of aryl methyl sites for hydroxylation is 1. The molecule has 2 aromatic rings. The molecule has 0 saturated heterocycles. The Labute approximate surface area is 115 Å². The van der Waals surface area contributed by atoms with E-state index in [1.54, 1.807) is 29.0 Å². The summed E-state index contributed by atoms with van der Waals surface area (Å²) in [6.45, 7) is 1.86. The van der Waals surface area contributed by atoms with Crippen molar-refractivity contribution in [1.29, 1.82) is 0 Å². The highest BCUT2D eigenvalue weighted by atomic mass is 35.5. The Kier molecular flexibility index (Phi) is 3.73. The quantitative estimate of drug-likeness (QED) is 0.808. The van der Waals surface area contributed by atoms with Gasteiger partial charge in [-0.25, -0.2) is 4.98 Å². The third-order valence-corrected chi connectivity index (χ3v) is 3.59. The maximum atomic E-state index is 12.1. The van der Waals surface area contributed by atoms with E-state index in [0.717, 1.165) is 11.4 Å². The number of ketones is 1. The van der Waals surface area contributed by atoms with E-state index in [0.29, 0.717) is 15.7 Å². The van der Waals surface area contributed by atoms with Gasteiger partial charge in [-0.15, -0.1) is 0 Å². The second-order valence-corrected chi connectivity index (χ2v) is 4.91. The number of halogens is 2. The smallest absolute Gasteiger partial charge is 0.185 e. The van der Waals surface area contributed by atoms with Crippen LogP contribution in [0.2, 0.25) is 10.0 Å². The highest BCUT2D eigenvalue weighted by Crippen LogP contribution is 2.23. The summed E-state index contributed by atoms with van der Waals surface area (Å²) in [4.78, 5) is 16.2. The zero-order chi connectivity index (χ0) is 13.3. The van der Waals surface area contributed by atoms with Crippen LogP contribution in [-0.4, -0.2) is 15.3 Å². The fraction of sp³-hybridized carbons (Fsp3) is 0.231. The lowest BCUT2D eigenvalue weighted by atomic mass is 10.1. The zero-order valence-corrected chi connectivity index (χ0v) is 11.6. The summed E-state index contributed by atoms with van der Waals surface area (Å²) in [5.74, 6) is 0.823. The van der Waals surface area contributed by atoms with Crippen LogP contribution in [0.4, 0.5) is 0 Å². The molecule has 1 aromatic heterocycles. The van der Waals surface area contributed by atoms with Crippen molar-refractivity contribution in [2.75, 3.05) is 0 Å². The predicted molar refractivity (Wildman–Crippen MR) is 72.4 cm³/mol. The first-order valence-electron chi connectivity index (χ1n) is 5.44. The molecule has 0 unspecified atom stereocenters. The van der Waals surface area contributed by atoms with Gasteiger partial charge in [0, 0.05) is 13.5 Å². The molecule has 2 rings (SSSR count). The van der Waals surface area contributed by atoms with Crippen LogP contribution >= 0.6 is 23.2 Å². The molecular weight excluding hydrogens is 271 g/mol. The lowest BCUT2D eigenvalue weighted by Gasteiger charge is -2.04. The van der Waals surface area contributed by atoms with Crippen LogP contribution in [0.3, 0.4) is 0 Å². The van der Waals surface area contributed by atoms with E-state index in [4.69, 9.17) is 23.2 Å². The Morgan fingerprint density at radius 2 is 2.06 bits per heavy atom.